The smallest absolute Gasteiger partial charge is 0.229 e. The molecule has 0 bridgehead atoms. The third-order valence-corrected chi connectivity index (χ3v) is 3.83. The summed E-state index contributed by atoms with van der Waals surface area (Å²) in [6.45, 7) is 3.88. The van der Waals surface area contributed by atoms with E-state index in [0.29, 0.717) is 21.9 Å². The summed E-state index contributed by atoms with van der Waals surface area (Å²) >= 11 is 6.20. The molecule has 0 saturated carbocycles. The number of benzene rings is 2. The number of rotatable bonds is 2. The van der Waals surface area contributed by atoms with Crippen LogP contribution in [0.2, 0.25) is 5.02 Å². The third kappa shape index (κ3) is 2.12. The minimum absolute atomic E-state index is 0.187. The van der Waals surface area contributed by atoms with E-state index in [0.717, 1.165) is 16.5 Å². The zero-order valence-corrected chi connectivity index (χ0v) is 12.0. The van der Waals surface area contributed by atoms with Gasteiger partial charge in [-0.15, -0.1) is 0 Å². The largest absolute Gasteiger partial charge is 0.453 e. The van der Waals surface area contributed by atoms with Gasteiger partial charge in [0.25, 0.3) is 0 Å². The van der Waals surface area contributed by atoms with Crippen LogP contribution in [-0.4, -0.2) is 5.78 Å². The Morgan fingerprint density at radius 3 is 2.70 bits per heavy atom. The topological polar surface area (TPSA) is 30.2 Å². The van der Waals surface area contributed by atoms with Crippen LogP contribution in [0, 0.1) is 13.8 Å². The zero-order chi connectivity index (χ0) is 14.3. The second-order valence-electron chi connectivity index (χ2n) is 4.92. The van der Waals surface area contributed by atoms with E-state index in [2.05, 4.69) is 0 Å². The molecule has 3 aromatic rings. The van der Waals surface area contributed by atoms with E-state index < -0.39 is 0 Å². The number of halogens is 1. The summed E-state index contributed by atoms with van der Waals surface area (Å²) in [6, 6.07) is 13.0. The quantitative estimate of drug-likeness (QED) is 0.624. The van der Waals surface area contributed by atoms with Crippen LogP contribution in [0.3, 0.4) is 0 Å². The van der Waals surface area contributed by atoms with Crippen LogP contribution in [0.1, 0.15) is 27.2 Å². The van der Waals surface area contributed by atoms with Gasteiger partial charge in [0.15, 0.2) is 5.76 Å². The van der Waals surface area contributed by atoms with Gasteiger partial charge in [0, 0.05) is 10.9 Å². The van der Waals surface area contributed by atoms with Crippen LogP contribution in [0.25, 0.3) is 11.0 Å². The highest BCUT2D eigenvalue weighted by molar-refractivity contribution is 6.35. The van der Waals surface area contributed by atoms with Crippen LogP contribution in [0.4, 0.5) is 0 Å². The standard InChI is InChI=1S/C17H13ClO2/c1-10-6-7-14-12(8-10)9-15(20-14)17(19)13-5-3-4-11(2)16(13)18/h3-9H,1-2H3. The van der Waals surface area contributed by atoms with Gasteiger partial charge in [0.2, 0.25) is 5.78 Å². The van der Waals surface area contributed by atoms with E-state index in [-0.39, 0.29) is 5.78 Å². The lowest BCUT2D eigenvalue weighted by Crippen LogP contribution is -2.01. The average molecular weight is 285 g/mol. The first-order chi connectivity index (χ1) is 9.56. The molecule has 2 nitrogen and oxygen atoms in total. The van der Waals surface area contributed by atoms with E-state index in [1.807, 2.05) is 44.2 Å². The van der Waals surface area contributed by atoms with Crippen LogP contribution < -0.4 is 0 Å². The fourth-order valence-electron chi connectivity index (χ4n) is 2.23. The highest BCUT2D eigenvalue weighted by Crippen LogP contribution is 2.26. The van der Waals surface area contributed by atoms with Crippen LogP contribution in [0.5, 0.6) is 0 Å². The minimum atomic E-state index is -0.187. The van der Waals surface area contributed by atoms with Crippen molar-refractivity contribution in [2.45, 2.75) is 13.8 Å². The first kappa shape index (κ1) is 12.9. The van der Waals surface area contributed by atoms with Crippen molar-refractivity contribution in [1.29, 1.82) is 0 Å². The van der Waals surface area contributed by atoms with Crippen molar-refractivity contribution >= 4 is 28.4 Å². The summed E-state index contributed by atoms with van der Waals surface area (Å²) in [5, 5.41) is 1.41. The molecule has 0 spiro atoms. The summed E-state index contributed by atoms with van der Waals surface area (Å²) in [4.78, 5) is 12.5. The molecule has 0 unspecified atom stereocenters. The molecule has 1 aromatic heterocycles. The molecule has 0 aliphatic heterocycles. The molecule has 0 atom stereocenters. The van der Waals surface area contributed by atoms with Gasteiger partial charge >= 0.3 is 0 Å². The van der Waals surface area contributed by atoms with Crippen molar-refractivity contribution in [2.24, 2.45) is 0 Å². The van der Waals surface area contributed by atoms with Crippen LogP contribution in [-0.2, 0) is 0 Å². The number of furan rings is 1. The van der Waals surface area contributed by atoms with Crippen LogP contribution >= 0.6 is 11.6 Å². The summed E-state index contributed by atoms with van der Waals surface area (Å²) in [6.07, 6.45) is 0. The highest BCUT2D eigenvalue weighted by Gasteiger charge is 2.18. The number of hydrogen-bond donors (Lipinski definition) is 0. The second kappa shape index (κ2) is 4.80. The van der Waals surface area contributed by atoms with Gasteiger partial charge in [0.05, 0.1) is 5.02 Å². The van der Waals surface area contributed by atoms with Gasteiger partial charge in [0.1, 0.15) is 5.58 Å². The first-order valence-corrected chi connectivity index (χ1v) is 6.74. The predicted octanol–water partition coefficient (Wildman–Crippen LogP) is 4.93. The number of carbonyl (C=O) groups excluding carboxylic acids is 1. The Hall–Kier alpha value is -2.06. The maximum Gasteiger partial charge on any atom is 0.229 e. The Morgan fingerprint density at radius 2 is 1.90 bits per heavy atom. The molecule has 0 aliphatic carbocycles. The van der Waals surface area contributed by atoms with E-state index in [1.54, 1.807) is 12.1 Å². The van der Waals surface area contributed by atoms with Crippen molar-refractivity contribution < 1.29 is 9.21 Å². The lowest BCUT2D eigenvalue weighted by molar-refractivity contribution is 0.101. The lowest BCUT2D eigenvalue weighted by Gasteiger charge is -2.03. The summed E-state index contributed by atoms with van der Waals surface area (Å²) in [5.41, 5.74) is 3.19. The average Bonchev–Trinajstić information content (AvgIpc) is 2.84. The Kier molecular flexibility index (Phi) is 3.11. The van der Waals surface area contributed by atoms with E-state index in [4.69, 9.17) is 16.0 Å². The maximum atomic E-state index is 12.5. The van der Waals surface area contributed by atoms with Gasteiger partial charge in [-0.1, -0.05) is 35.4 Å². The van der Waals surface area contributed by atoms with E-state index >= 15 is 0 Å². The third-order valence-electron chi connectivity index (χ3n) is 3.33. The molecule has 0 amide bonds. The molecule has 0 radical (unpaired) electrons. The number of carbonyl (C=O) groups is 1. The highest BCUT2D eigenvalue weighted by atomic mass is 35.5. The van der Waals surface area contributed by atoms with E-state index in [9.17, 15) is 4.79 Å². The number of aryl methyl sites for hydroxylation is 2. The van der Waals surface area contributed by atoms with Crippen molar-refractivity contribution in [3.05, 3.63) is 69.9 Å². The minimum Gasteiger partial charge on any atom is -0.453 e. The summed E-state index contributed by atoms with van der Waals surface area (Å²) in [5.74, 6) is 0.130. The van der Waals surface area contributed by atoms with Crippen molar-refractivity contribution in [3.63, 3.8) is 0 Å². The molecule has 0 fully saturated rings. The summed E-state index contributed by atoms with van der Waals surface area (Å²) in [7, 11) is 0. The fourth-order valence-corrected chi connectivity index (χ4v) is 2.44. The van der Waals surface area contributed by atoms with Gasteiger partial charge in [-0.2, -0.15) is 0 Å². The molecule has 1 heterocycles. The molecule has 0 saturated heterocycles. The zero-order valence-electron chi connectivity index (χ0n) is 11.2. The molecular weight excluding hydrogens is 272 g/mol. The number of hydrogen-bond acceptors (Lipinski definition) is 2. The first-order valence-electron chi connectivity index (χ1n) is 6.36. The van der Waals surface area contributed by atoms with Crippen molar-refractivity contribution in [3.8, 4) is 0 Å². The summed E-state index contributed by atoms with van der Waals surface area (Å²) < 4.78 is 5.63. The monoisotopic (exact) mass is 284 g/mol. The van der Waals surface area contributed by atoms with Gasteiger partial charge in [-0.05, 0) is 43.7 Å². The Bertz CT molecular complexity index is 815. The molecule has 2 aromatic carbocycles. The Morgan fingerprint density at radius 1 is 1.10 bits per heavy atom. The van der Waals surface area contributed by atoms with E-state index in [1.165, 1.54) is 0 Å². The normalized spacial score (nSPS) is 10.9. The second-order valence-corrected chi connectivity index (χ2v) is 5.30. The SMILES string of the molecule is Cc1ccc2oc(C(=O)c3cccc(C)c3Cl)cc2c1. The van der Waals surface area contributed by atoms with Crippen molar-refractivity contribution in [2.75, 3.05) is 0 Å². The van der Waals surface area contributed by atoms with Crippen LogP contribution in [0.15, 0.2) is 46.9 Å². The van der Waals surface area contributed by atoms with Gasteiger partial charge < -0.3 is 4.42 Å². The molecule has 3 rings (SSSR count). The molecule has 20 heavy (non-hydrogen) atoms. The number of fused-ring (bicyclic) bond motifs is 1. The molecule has 0 aliphatic rings. The van der Waals surface area contributed by atoms with Crippen molar-refractivity contribution in [1.82, 2.24) is 0 Å². The molecule has 0 N–H and O–H groups in total. The lowest BCUT2D eigenvalue weighted by atomic mass is 10.1. The Balaban J connectivity index is 2.10. The fraction of sp³-hybridized carbons (Fsp3) is 0.118. The Labute approximate surface area is 122 Å². The van der Waals surface area contributed by atoms with Gasteiger partial charge in [-0.25, -0.2) is 0 Å². The maximum absolute atomic E-state index is 12.5. The molecule has 100 valence electrons. The molecule has 3 heteroatoms. The predicted molar refractivity (Wildman–Crippen MR) is 80.6 cm³/mol. The molecular formula is C17H13ClO2. The van der Waals surface area contributed by atoms with Gasteiger partial charge in [-0.3, -0.25) is 4.79 Å². The number of ketones is 1.